The molecule has 4 rings (SSSR count). The Hall–Kier alpha value is -1.24. The molecule has 1 heterocycles. The van der Waals surface area contributed by atoms with Gasteiger partial charge in [0.1, 0.15) is 0 Å². The van der Waals surface area contributed by atoms with Crippen molar-refractivity contribution in [3.8, 4) is 0 Å². The van der Waals surface area contributed by atoms with E-state index >= 15 is 0 Å². The van der Waals surface area contributed by atoms with Gasteiger partial charge in [0.25, 0.3) is 0 Å². The third kappa shape index (κ3) is 2.05. The Kier molecular flexibility index (Phi) is 3.47. The van der Waals surface area contributed by atoms with E-state index in [0.29, 0.717) is 0 Å². The van der Waals surface area contributed by atoms with Gasteiger partial charge in [-0.1, -0.05) is 39.8 Å². The van der Waals surface area contributed by atoms with Gasteiger partial charge in [0.05, 0.1) is 0 Å². The summed E-state index contributed by atoms with van der Waals surface area (Å²) in [5.41, 5.74) is 4.39. The third-order valence-corrected chi connectivity index (χ3v) is 4.96. The molecular weight excluding hydrogens is 446 g/mol. The zero-order valence-electron chi connectivity index (χ0n) is 13.5. The fourth-order valence-electron chi connectivity index (χ4n) is 4.39. The first kappa shape index (κ1) is 15.6. The quantitative estimate of drug-likeness (QED) is 0.330. The molecule has 1 nitrogen and oxygen atoms in total. The maximum absolute atomic E-state index is 4.81. The van der Waals surface area contributed by atoms with Crippen molar-refractivity contribution in [1.82, 2.24) is 4.98 Å². The molecular formula is C20H20IrN-. The summed E-state index contributed by atoms with van der Waals surface area (Å²) in [5.74, 6) is 0. The number of pyridine rings is 1. The summed E-state index contributed by atoms with van der Waals surface area (Å²) in [7, 11) is 0. The van der Waals surface area contributed by atoms with E-state index in [-0.39, 0.29) is 30.9 Å². The van der Waals surface area contributed by atoms with E-state index in [1.54, 1.807) is 0 Å². The van der Waals surface area contributed by atoms with E-state index in [4.69, 9.17) is 4.98 Å². The number of benzene rings is 2. The predicted octanol–water partition coefficient (Wildman–Crippen LogP) is 5.14. The van der Waals surface area contributed by atoms with Crippen LogP contribution in [0.1, 0.15) is 45.2 Å². The Morgan fingerprint density at radius 3 is 2.59 bits per heavy atom. The minimum Gasteiger partial charge on any atom is -0.304 e. The van der Waals surface area contributed by atoms with Crippen LogP contribution in [0, 0.1) is 6.07 Å². The average molecular weight is 467 g/mol. The average Bonchev–Trinajstić information content (AvgIpc) is 2.63. The molecule has 0 N–H and O–H groups in total. The van der Waals surface area contributed by atoms with Crippen molar-refractivity contribution in [1.29, 1.82) is 0 Å². The second-order valence-electron chi connectivity index (χ2n) is 7.59. The van der Waals surface area contributed by atoms with Crippen LogP contribution in [-0.4, -0.2) is 4.98 Å². The Morgan fingerprint density at radius 1 is 1.05 bits per heavy atom. The van der Waals surface area contributed by atoms with Crippen molar-refractivity contribution in [2.75, 3.05) is 0 Å². The number of aromatic nitrogens is 1. The van der Waals surface area contributed by atoms with Crippen LogP contribution in [0.4, 0.5) is 0 Å². The second kappa shape index (κ2) is 4.88. The molecule has 1 aromatic heterocycles. The van der Waals surface area contributed by atoms with Gasteiger partial charge in [-0.05, 0) is 39.3 Å². The third-order valence-electron chi connectivity index (χ3n) is 4.96. The number of hydrogen-bond acceptors (Lipinski definition) is 1. The molecule has 0 atom stereocenters. The maximum atomic E-state index is 4.81. The SMILES string of the molecule is CC1(C)CC(C)(C)c2c1cnc1c2ccc2ccc[c-]c21.[Ir]. The van der Waals surface area contributed by atoms with Crippen LogP contribution in [-0.2, 0) is 30.9 Å². The molecule has 1 radical (unpaired) electrons. The number of hydrogen-bond donors (Lipinski definition) is 0. The van der Waals surface area contributed by atoms with Crippen LogP contribution >= 0.6 is 0 Å². The Bertz CT molecular complexity index is 877. The topological polar surface area (TPSA) is 12.9 Å². The van der Waals surface area contributed by atoms with Gasteiger partial charge < -0.3 is 4.98 Å². The van der Waals surface area contributed by atoms with Crippen LogP contribution in [0.25, 0.3) is 21.7 Å². The molecule has 2 aromatic carbocycles. The van der Waals surface area contributed by atoms with Crippen molar-refractivity contribution >= 4 is 21.7 Å². The largest absolute Gasteiger partial charge is 0.304 e. The van der Waals surface area contributed by atoms with Crippen molar-refractivity contribution < 1.29 is 20.1 Å². The molecule has 0 unspecified atom stereocenters. The standard InChI is InChI=1S/C20H20N.Ir/c1-19(2)12-20(3,4)17-15-10-9-13-7-5-6-8-14(13)18(15)21-11-16(17)19;/h5-7,9-11H,12H2,1-4H3;/q-1;. The predicted molar refractivity (Wildman–Crippen MR) is 88.8 cm³/mol. The first-order valence-corrected chi connectivity index (χ1v) is 7.63. The van der Waals surface area contributed by atoms with Gasteiger partial charge in [-0.25, -0.2) is 0 Å². The fraction of sp³-hybridized carbons (Fsp3) is 0.350. The molecule has 0 amide bonds. The van der Waals surface area contributed by atoms with Crippen LogP contribution in [0.3, 0.4) is 0 Å². The Labute approximate surface area is 145 Å². The van der Waals surface area contributed by atoms with Gasteiger partial charge in [0.2, 0.25) is 0 Å². The van der Waals surface area contributed by atoms with E-state index in [1.807, 2.05) is 12.1 Å². The molecule has 115 valence electrons. The van der Waals surface area contributed by atoms with Gasteiger partial charge in [-0.2, -0.15) is 0 Å². The summed E-state index contributed by atoms with van der Waals surface area (Å²) in [6.45, 7) is 9.39. The number of nitrogens with zero attached hydrogens (tertiary/aromatic N) is 1. The van der Waals surface area contributed by atoms with Crippen molar-refractivity contribution in [2.24, 2.45) is 0 Å². The minimum absolute atomic E-state index is 0. The van der Waals surface area contributed by atoms with Crippen LogP contribution in [0.15, 0.2) is 36.5 Å². The monoisotopic (exact) mass is 467 g/mol. The fourth-order valence-corrected chi connectivity index (χ4v) is 4.39. The minimum atomic E-state index is 0. The number of fused-ring (bicyclic) bond motifs is 5. The van der Waals surface area contributed by atoms with Gasteiger partial charge in [0.15, 0.2) is 0 Å². The first-order chi connectivity index (χ1) is 9.90. The summed E-state index contributed by atoms with van der Waals surface area (Å²) in [6, 6.07) is 14.0. The number of rotatable bonds is 0. The Balaban J connectivity index is 0.00000144. The van der Waals surface area contributed by atoms with Crippen molar-refractivity contribution in [3.63, 3.8) is 0 Å². The molecule has 0 spiro atoms. The normalized spacial score (nSPS) is 18.2. The smallest absolute Gasteiger partial charge is 0.0201 e. The van der Waals surface area contributed by atoms with Crippen LogP contribution in [0.5, 0.6) is 0 Å². The molecule has 0 saturated heterocycles. The van der Waals surface area contributed by atoms with E-state index in [2.05, 4.69) is 58.2 Å². The van der Waals surface area contributed by atoms with Gasteiger partial charge >= 0.3 is 0 Å². The van der Waals surface area contributed by atoms with E-state index in [1.165, 1.54) is 28.3 Å². The Morgan fingerprint density at radius 2 is 1.82 bits per heavy atom. The summed E-state index contributed by atoms with van der Waals surface area (Å²) in [5, 5.41) is 3.66. The molecule has 1 aliphatic rings. The molecule has 0 aliphatic heterocycles. The molecule has 1 aliphatic carbocycles. The molecule has 0 bridgehead atoms. The molecule has 22 heavy (non-hydrogen) atoms. The summed E-state index contributed by atoms with van der Waals surface area (Å²) in [4.78, 5) is 4.81. The second-order valence-corrected chi connectivity index (χ2v) is 7.59. The molecule has 3 aromatic rings. The summed E-state index contributed by atoms with van der Waals surface area (Å²) in [6.07, 6.45) is 3.28. The first-order valence-electron chi connectivity index (χ1n) is 7.63. The van der Waals surface area contributed by atoms with Gasteiger partial charge in [-0.15, -0.1) is 35.0 Å². The van der Waals surface area contributed by atoms with Crippen LogP contribution in [0.2, 0.25) is 0 Å². The zero-order valence-corrected chi connectivity index (χ0v) is 15.8. The van der Waals surface area contributed by atoms with Crippen molar-refractivity contribution in [3.05, 3.63) is 53.7 Å². The molecule has 0 saturated carbocycles. The summed E-state index contributed by atoms with van der Waals surface area (Å²) >= 11 is 0. The van der Waals surface area contributed by atoms with E-state index in [9.17, 15) is 0 Å². The van der Waals surface area contributed by atoms with Crippen LogP contribution < -0.4 is 0 Å². The van der Waals surface area contributed by atoms with Gasteiger partial charge in [0, 0.05) is 26.3 Å². The summed E-state index contributed by atoms with van der Waals surface area (Å²) < 4.78 is 0. The van der Waals surface area contributed by atoms with E-state index < -0.39 is 0 Å². The molecule has 2 heteroatoms. The maximum Gasteiger partial charge on any atom is 0.0201 e. The van der Waals surface area contributed by atoms with Gasteiger partial charge in [-0.3, -0.25) is 0 Å². The molecule has 0 fully saturated rings. The van der Waals surface area contributed by atoms with E-state index in [0.717, 1.165) is 10.9 Å². The van der Waals surface area contributed by atoms with Crippen molar-refractivity contribution in [2.45, 2.75) is 44.9 Å². The zero-order chi connectivity index (χ0) is 14.8.